The monoisotopic (exact) mass is 707 g/mol. The van der Waals surface area contributed by atoms with Gasteiger partial charge in [0.05, 0.1) is 16.8 Å². The number of para-hydroxylation sites is 2. The average Bonchev–Trinajstić information content (AvgIpc) is 3.17. The first-order chi connectivity index (χ1) is 25.2. The Kier molecular flexibility index (Phi) is 6.76. The second kappa shape index (κ2) is 11.1. The van der Waals surface area contributed by atoms with E-state index in [1.54, 1.807) is 0 Å². The van der Waals surface area contributed by atoms with Gasteiger partial charge in [-0.15, -0.1) is 0 Å². The number of fused-ring (bicyclic) bond motifs is 10. The highest BCUT2D eigenvalue weighted by Gasteiger charge is 2.51. The molecule has 2 nitrogen and oxygen atoms in total. The molecule has 3 aliphatic heterocycles. The lowest BCUT2D eigenvalue weighted by Crippen LogP contribution is -2.43. The van der Waals surface area contributed by atoms with Crippen LogP contribution in [0.15, 0.2) is 158 Å². The van der Waals surface area contributed by atoms with Gasteiger partial charge < -0.3 is 9.64 Å². The van der Waals surface area contributed by atoms with Crippen molar-refractivity contribution in [1.29, 1.82) is 0 Å². The summed E-state index contributed by atoms with van der Waals surface area (Å²) >= 11 is 6.93. The van der Waals surface area contributed by atoms with Crippen LogP contribution in [0.5, 0.6) is 11.5 Å². The van der Waals surface area contributed by atoms with Crippen LogP contribution < -0.4 is 25.6 Å². The molecule has 0 N–H and O–H groups in total. The second-order valence-electron chi connectivity index (χ2n) is 15.0. The molecule has 0 bridgehead atoms. The van der Waals surface area contributed by atoms with Crippen LogP contribution in [0.2, 0.25) is 0 Å². The van der Waals surface area contributed by atoms with E-state index < -0.39 is 11.5 Å². The molecular weight excluding hydrogens is 670 g/mol. The normalized spacial score (nSPS) is 18.2. The van der Waals surface area contributed by atoms with Crippen LogP contribution >= 0.6 is 6.04 Å². The zero-order valence-corrected chi connectivity index (χ0v) is 31.4. The quantitative estimate of drug-likeness (QED) is 0.166. The van der Waals surface area contributed by atoms with E-state index in [0.717, 1.165) is 17.2 Å². The van der Waals surface area contributed by atoms with Crippen molar-refractivity contribution >= 4 is 50.8 Å². The number of hydrogen-bond donors (Lipinski definition) is 0. The summed E-state index contributed by atoms with van der Waals surface area (Å²) < 4.78 is 6.66. The molecule has 0 aliphatic carbocycles. The highest BCUT2D eigenvalue weighted by molar-refractivity contribution is 8.25. The van der Waals surface area contributed by atoms with Gasteiger partial charge >= 0.3 is 0 Å². The highest BCUT2D eigenvalue weighted by Crippen LogP contribution is 2.63. The number of anilines is 3. The molecule has 10 rings (SSSR count). The first-order valence-corrected chi connectivity index (χ1v) is 20.8. The molecular formula is C48H38NOPS. The number of nitrogens with zero attached hydrogens (tertiary/aromatic N) is 1. The molecule has 0 saturated heterocycles. The second-order valence-corrected chi connectivity index (χ2v) is 19.4. The average molecular weight is 708 g/mol. The summed E-state index contributed by atoms with van der Waals surface area (Å²) in [7, 11) is 0. The Balaban J connectivity index is 1.28. The molecule has 0 aromatic heterocycles. The summed E-state index contributed by atoms with van der Waals surface area (Å²) in [6, 6.07) is 55.7. The Hall–Kier alpha value is -5.21. The highest BCUT2D eigenvalue weighted by atomic mass is 32.4. The predicted octanol–water partition coefficient (Wildman–Crippen LogP) is 11.0. The maximum atomic E-state index is 6.93. The number of benzene rings is 7. The predicted molar refractivity (Wildman–Crippen MR) is 221 cm³/mol. The van der Waals surface area contributed by atoms with E-state index in [9.17, 15) is 0 Å². The summed E-state index contributed by atoms with van der Waals surface area (Å²) in [5, 5.41) is 3.83. The largest absolute Gasteiger partial charge is 0.457 e. The summed E-state index contributed by atoms with van der Waals surface area (Å²) in [5.41, 5.74) is 12.6. The SMILES string of the molecule is Cc1ccc2c(c1)C1(c3ccccc3Oc3ccccc31)c1cc(C)ccc1N2c1ccc2c(c1)C(C)(C)c1ccccc1P2(=S)c1ccccc1. The Morgan fingerprint density at radius 2 is 1.02 bits per heavy atom. The van der Waals surface area contributed by atoms with E-state index in [1.165, 1.54) is 71.8 Å². The summed E-state index contributed by atoms with van der Waals surface area (Å²) in [6.45, 7) is 9.15. The lowest BCUT2D eigenvalue weighted by atomic mass is 9.61. The van der Waals surface area contributed by atoms with Gasteiger partial charge in [-0.3, -0.25) is 0 Å². The smallest absolute Gasteiger partial charge is 0.132 e. The third-order valence-corrected chi connectivity index (χ3v) is 16.7. The summed E-state index contributed by atoms with van der Waals surface area (Å²) in [5.74, 6) is 1.80. The van der Waals surface area contributed by atoms with E-state index in [0.29, 0.717) is 0 Å². The van der Waals surface area contributed by atoms with Gasteiger partial charge in [0.15, 0.2) is 0 Å². The third-order valence-electron chi connectivity index (χ3n) is 11.7. The number of aryl methyl sites for hydroxylation is 2. The molecule has 7 aromatic rings. The molecule has 1 atom stereocenters. The van der Waals surface area contributed by atoms with Crippen molar-refractivity contribution < 1.29 is 4.74 Å². The minimum Gasteiger partial charge on any atom is -0.457 e. The van der Waals surface area contributed by atoms with Crippen molar-refractivity contribution in [1.82, 2.24) is 0 Å². The summed E-state index contributed by atoms with van der Waals surface area (Å²) in [6.07, 6.45) is 0. The van der Waals surface area contributed by atoms with Crippen LogP contribution in [0, 0.1) is 13.8 Å². The Morgan fingerprint density at radius 1 is 0.500 bits per heavy atom. The molecule has 0 radical (unpaired) electrons. The van der Waals surface area contributed by atoms with Gasteiger partial charge in [0.25, 0.3) is 0 Å². The number of rotatable bonds is 2. The van der Waals surface area contributed by atoms with Crippen molar-refractivity contribution in [3.05, 3.63) is 202 Å². The minimum absolute atomic E-state index is 0.249. The van der Waals surface area contributed by atoms with Gasteiger partial charge in [0.2, 0.25) is 0 Å². The van der Waals surface area contributed by atoms with Gasteiger partial charge in [0.1, 0.15) is 11.5 Å². The zero-order valence-electron chi connectivity index (χ0n) is 29.7. The Labute approximate surface area is 311 Å². The number of ether oxygens (including phenoxy) is 1. The van der Waals surface area contributed by atoms with Crippen LogP contribution in [0.3, 0.4) is 0 Å². The molecule has 3 heterocycles. The van der Waals surface area contributed by atoms with Crippen LogP contribution in [-0.4, -0.2) is 0 Å². The van der Waals surface area contributed by atoms with Crippen molar-refractivity contribution in [3.8, 4) is 11.5 Å². The fraction of sp³-hybridized carbons (Fsp3) is 0.125. The molecule has 0 fully saturated rings. The molecule has 1 spiro atoms. The molecule has 1 unspecified atom stereocenters. The van der Waals surface area contributed by atoms with Crippen LogP contribution in [0.4, 0.5) is 17.1 Å². The zero-order chi connectivity index (χ0) is 35.4. The third kappa shape index (κ3) is 4.10. The van der Waals surface area contributed by atoms with Gasteiger partial charge in [-0.1, -0.05) is 158 Å². The Morgan fingerprint density at radius 3 is 1.63 bits per heavy atom. The Bertz CT molecular complexity index is 2560. The molecule has 52 heavy (non-hydrogen) atoms. The molecule has 0 saturated carbocycles. The van der Waals surface area contributed by atoms with Crippen molar-refractivity contribution in [2.24, 2.45) is 0 Å². The van der Waals surface area contributed by atoms with Gasteiger partial charge in [-0.2, -0.15) is 0 Å². The molecule has 3 aliphatic rings. The molecule has 0 amide bonds. The molecule has 252 valence electrons. The fourth-order valence-electron chi connectivity index (χ4n) is 9.32. The summed E-state index contributed by atoms with van der Waals surface area (Å²) in [4.78, 5) is 2.50. The fourth-order valence-corrected chi connectivity index (χ4v) is 14.0. The van der Waals surface area contributed by atoms with E-state index >= 15 is 0 Å². The van der Waals surface area contributed by atoms with E-state index in [2.05, 4.69) is 190 Å². The topological polar surface area (TPSA) is 12.5 Å². The molecule has 7 aromatic carbocycles. The van der Waals surface area contributed by atoms with Gasteiger partial charge in [0, 0.05) is 28.3 Å². The van der Waals surface area contributed by atoms with E-state index in [1.807, 2.05) is 0 Å². The first kappa shape index (κ1) is 31.5. The lowest BCUT2D eigenvalue weighted by molar-refractivity contribution is 0.434. The minimum atomic E-state index is -2.33. The van der Waals surface area contributed by atoms with Gasteiger partial charge in [-0.05, 0) is 88.4 Å². The van der Waals surface area contributed by atoms with E-state index in [-0.39, 0.29) is 5.41 Å². The first-order valence-electron chi connectivity index (χ1n) is 18.0. The standard InChI is InChI=1S/C48H38NOPS/c1-31-22-25-41-38(28-31)48(35-16-8-11-19-43(35)50-44-20-12-9-17-36(44)48)39-29-32(2)23-26-42(39)49(41)33-24-27-46-40(30-33)47(3,4)37-18-10-13-21-45(37)51(46,52)34-14-6-5-7-15-34/h5-30H,1-4H3. The van der Waals surface area contributed by atoms with Crippen molar-refractivity contribution in [2.45, 2.75) is 38.5 Å². The lowest BCUT2D eigenvalue weighted by Gasteiger charge is -2.49. The maximum Gasteiger partial charge on any atom is 0.132 e. The van der Waals surface area contributed by atoms with Crippen molar-refractivity contribution in [2.75, 3.05) is 4.90 Å². The van der Waals surface area contributed by atoms with Gasteiger partial charge in [-0.25, -0.2) is 0 Å². The van der Waals surface area contributed by atoms with E-state index in [4.69, 9.17) is 16.5 Å². The van der Waals surface area contributed by atoms with Crippen LogP contribution in [0.1, 0.15) is 58.4 Å². The number of hydrogen-bond acceptors (Lipinski definition) is 3. The van der Waals surface area contributed by atoms with Crippen molar-refractivity contribution in [3.63, 3.8) is 0 Å². The van der Waals surface area contributed by atoms with Crippen LogP contribution in [0.25, 0.3) is 0 Å². The molecule has 4 heteroatoms. The van der Waals surface area contributed by atoms with Crippen LogP contribution in [-0.2, 0) is 22.6 Å². The maximum absolute atomic E-state index is 6.93.